The summed E-state index contributed by atoms with van der Waals surface area (Å²) in [7, 11) is 4.24. The van der Waals surface area contributed by atoms with E-state index >= 15 is 0 Å². The van der Waals surface area contributed by atoms with E-state index in [1.54, 1.807) is 22.3 Å². The molecule has 258 valence electrons. The highest BCUT2D eigenvalue weighted by Gasteiger charge is 2.38. The molecule has 9 nitrogen and oxygen atoms in total. The van der Waals surface area contributed by atoms with E-state index in [0.29, 0.717) is 12.1 Å². The Kier molecular flexibility index (Phi) is 7.72. The minimum absolute atomic E-state index is 0.387. The van der Waals surface area contributed by atoms with Crippen molar-refractivity contribution < 1.29 is 9.13 Å². The molecule has 50 heavy (non-hydrogen) atoms. The first kappa shape index (κ1) is 31.3. The minimum atomic E-state index is 0.387. The molecule has 0 spiro atoms. The van der Waals surface area contributed by atoms with Crippen molar-refractivity contribution in [3.63, 3.8) is 0 Å². The summed E-state index contributed by atoms with van der Waals surface area (Å²) >= 11 is 5.75. The summed E-state index contributed by atoms with van der Waals surface area (Å²) in [6.07, 6.45) is 20.1. The van der Waals surface area contributed by atoms with Crippen molar-refractivity contribution in [2.45, 2.75) is 96.1 Å². The van der Waals surface area contributed by atoms with E-state index in [2.05, 4.69) is 60.8 Å². The first-order valence-electron chi connectivity index (χ1n) is 18.7. The number of rotatable bonds is 6. The standard InChI is InChI=1S/C38H45N9S3/c1-4-44(3)37-31-24-9-5-6-10-27(24)48-35(31)42-20-46(37)22-12-14-26-29(17-22)50-36-32(26)38(45-15-7-8-16-45)47(21-43-36)23-11-13-25-28(18-23)49-34-30(25)33(39-2)40-19-41-34/h19-23H,4-18H2,1-3H3,(H,39,40,41)/q+2. The Bertz CT molecular complexity index is 2280. The van der Waals surface area contributed by atoms with Gasteiger partial charge in [-0.3, -0.25) is 9.80 Å². The van der Waals surface area contributed by atoms with Crippen LogP contribution in [0.15, 0.2) is 19.0 Å². The van der Waals surface area contributed by atoms with Gasteiger partial charge in [-0.1, -0.05) is 9.97 Å². The maximum Gasteiger partial charge on any atom is 0.236 e. The Morgan fingerprint density at radius 2 is 1.36 bits per heavy atom. The van der Waals surface area contributed by atoms with Gasteiger partial charge in [0.15, 0.2) is 0 Å². The highest BCUT2D eigenvalue weighted by Crippen LogP contribution is 2.45. The van der Waals surface area contributed by atoms with Crippen molar-refractivity contribution in [1.82, 2.24) is 19.9 Å². The largest absolute Gasteiger partial charge is 0.372 e. The van der Waals surface area contributed by atoms with Crippen molar-refractivity contribution in [3.05, 3.63) is 50.3 Å². The van der Waals surface area contributed by atoms with Crippen molar-refractivity contribution in [2.24, 2.45) is 0 Å². The Labute approximate surface area is 305 Å². The van der Waals surface area contributed by atoms with Crippen LogP contribution >= 0.6 is 34.0 Å². The Hall–Kier alpha value is -3.48. The van der Waals surface area contributed by atoms with Crippen LogP contribution in [-0.4, -0.2) is 53.7 Å². The van der Waals surface area contributed by atoms with Gasteiger partial charge in [-0.25, -0.2) is 19.1 Å². The third kappa shape index (κ3) is 4.80. The van der Waals surface area contributed by atoms with Crippen LogP contribution in [0.2, 0.25) is 0 Å². The van der Waals surface area contributed by atoms with E-state index in [-0.39, 0.29) is 0 Å². The van der Waals surface area contributed by atoms with Gasteiger partial charge in [0.1, 0.15) is 27.7 Å². The molecule has 0 bridgehead atoms. The summed E-state index contributed by atoms with van der Waals surface area (Å²) in [5, 5.41) is 7.41. The van der Waals surface area contributed by atoms with Gasteiger partial charge in [0.05, 0.1) is 44.2 Å². The molecule has 0 aromatic carbocycles. The average Bonchev–Trinajstić information content (AvgIpc) is 3.96. The van der Waals surface area contributed by atoms with Gasteiger partial charge in [0.25, 0.3) is 0 Å². The fraction of sp³-hybridized carbons (Fsp3) is 0.526. The maximum atomic E-state index is 5.26. The summed E-state index contributed by atoms with van der Waals surface area (Å²) in [5.41, 5.74) is 4.59. The molecule has 0 saturated carbocycles. The maximum absolute atomic E-state index is 5.26. The van der Waals surface area contributed by atoms with E-state index in [1.165, 1.54) is 91.3 Å². The molecular weight excluding hydrogens is 679 g/mol. The van der Waals surface area contributed by atoms with Crippen LogP contribution in [0.25, 0.3) is 30.6 Å². The minimum Gasteiger partial charge on any atom is -0.372 e. The molecule has 12 heteroatoms. The lowest BCUT2D eigenvalue weighted by atomic mass is 9.91. The van der Waals surface area contributed by atoms with Crippen molar-refractivity contribution in [3.8, 4) is 0 Å². The molecule has 1 fully saturated rings. The fourth-order valence-electron chi connectivity index (χ4n) is 9.43. The second-order valence-corrected chi connectivity index (χ2v) is 17.9. The molecule has 6 aromatic heterocycles. The second kappa shape index (κ2) is 12.3. The Balaban J connectivity index is 1.05. The van der Waals surface area contributed by atoms with Gasteiger partial charge in [0.2, 0.25) is 34.0 Å². The number of aryl methyl sites for hydroxylation is 4. The molecule has 2 atom stereocenters. The van der Waals surface area contributed by atoms with Gasteiger partial charge in [-0.2, -0.15) is 0 Å². The second-order valence-electron chi connectivity index (χ2n) is 14.7. The number of aromatic nitrogens is 6. The van der Waals surface area contributed by atoms with Crippen LogP contribution in [0.1, 0.15) is 88.9 Å². The molecule has 0 radical (unpaired) electrons. The fourth-order valence-corrected chi connectivity index (χ4v) is 13.2. The monoisotopic (exact) mass is 723 g/mol. The molecule has 1 saturated heterocycles. The number of hydrogen-bond donors (Lipinski definition) is 1. The van der Waals surface area contributed by atoms with Crippen LogP contribution in [0.4, 0.5) is 17.5 Å². The van der Waals surface area contributed by atoms with E-state index in [4.69, 9.17) is 9.97 Å². The van der Waals surface area contributed by atoms with Crippen LogP contribution in [-0.2, 0) is 38.5 Å². The molecule has 3 aliphatic carbocycles. The quantitative estimate of drug-likeness (QED) is 0.187. The average molecular weight is 724 g/mol. The molecule has 0 amide bonds. The zero-order valence-electron chi connectivity index (χ0n) is 29.3. The summed E-state index contributed by atoms with van der Waals surface area (Å²) in [6.45, 7) is 5.53. The smallest absolute Gasteiger partial charge is 0.236 e. The molecular formula is C38H45N9S3+2. The van der Waals surface area contributed by atoms with Gasteiger partial charge in [0, 0.05) is 34.5 Å². The first-order valence-corrected chi connectivity index (χ1v) is 21.1. The number of thiophene rings is 3. The van der Waals surface area contributed by atoms with E-state index < -0.39 is 0 Å². The molecule has 2 unspecified atom stereocenters. The van der Waals surface area contributed by atoms with Crippen molar-refractivity contribution in [2.75, 3.05) is 48.8 Å². The Morgan fingerprint density at radius 1 is 0.740 bits per heavy atom. The SMILES string of the molecule is CCN(C)c1c2c3c(sc2nc[n+]1C1CCc2c(sc4nc[n+](C5CCc6c(sc7ncnc(NC)c67)C5)c(N5CCCC5)c24)C1)CCCC3. The van der Waals surface area contributed by atoms with Gasteiger partial charge >= 0.3 is 0 Å². The number of anilines is 3. The molecule has 1 N–H and O–H groups in total. The number of fused-ring (bicyclic) bond motifs is 9. The lowest BCUT2D eigenvalue weighted by Crippen LogP contribution is -2.48. The summed E-state index contributed by atoms with van der Waals surface area (Å²) in [5.74, 6) is 3.77. The van der Waals surface area contributed by atoms with Crippen molar-refractivity contribution >= 4 is 82.1 Å². The van der Waals surface area contributed by atoms with E-state index in [0.717, 1.165) is 68.8 Å². The first-order chi connectivity index (χ1) is 24.6. The molecule has 6 aromatic rings. The highest BCUT2D eigenvalue weighted by atomic mass is 32.1. The van der Waals surface area contributed by atoms with Crippen LogP contribution < -0.4 is 24.3 Å². The van der Waals surface area contributed by atoms with Crippen LogP contribution in [0.3, 0.4) is 0 Å². The van der Waals surface area contributed by atoms with Gasteiger partial charge in [-0.15, -0.1) is 34.0 Å². The number of hydrogen-bond acceptors (Lipinski definition) is 10. The predicted octanol–water partition coefficient (Wildman–Crippen LogP) is 6.92. The highest BCUT2D eigenvalue weighted by molar-refractivity contribution is 7.19. The van der Waals surface area contributed by atoms with Gasteiger partial charge in [-0.05, 0) is 87.8 Å². The predicted molar refractivity (Wildman–Crippen MR) is 206 cm³/mol. The van der Waals surface area contributed by atoms with Crippen LogP contribution in [0.5, 0.6) is 0 Å². The summed E-state index contributed by atoms with van der Waals surface area (Å²) in [6, 6.07) is 0.784. The molecule has 7 heterocycles. The van der Waals surface area contributed by atoms with Crippen LogP contribution in [0, 0.1) is 0 Å². The summed E-state index contributed by atoms with van der Waals surface area (Å²) < 4.78 is 5.15. The normalized spacial score (nSPS) is 20.4. The molecule has 10 rings (SSSR count). The lowest BCUT2D eigenvalue weighted by Gasteiger charge is -2.28. The topological polar surface area (TPSA) is 77.8 Å². The zero-order valence-corrected chi connectivity index (χ0v) is 31.7. The summed E-state index contributed by atoms with van der Waals surface area (Å²) in [4.78, 5) is 32.9. The lowest BCUT2D eigenvalue weighted by molar-refractivity contribution is -0.714. The van der Waals surface area contributed by atoms with E-state index in [9.17, 15) is 0 Å². The third-order valence-electron chi connectivity index (χ3n) is 12.0. The number of nitrogens with zero attached hydrogens (tertiary/aromatic N) is 8. The molecule has 4 aliphatic rings. The van der Waals surface area contributed by atoms with Gasteiger partial charge < -0.3 is 5.32 Å². The third-order valence-corrected chi connectivity index (χ3v) is 15.5. The Morgan fingerprint density at radius 3 is 2.10 bits per heavy atom. The van der Waals surface area contributed by atoms with Crippen molar-refractivity contribution in [1.29, 1.82) is 0 Å². The number of nitrogens with one attached hydrogen (secondary N) is 1. The molecule has 1 aliphatic heterocycles. The zero-order chi connectivity index (χ0) is 33.5. The van der Waals surface area contributed by atoms with E-state index in [1.807, 2.05) is 41.1 Å².